The van der Waals surface area contributed by atoms with Gasteiger partial charge in [0.25, 0.3) is 0 Å². The first-order valence-corrected chi connectivity index (χ1v) is 5.81. The number of aliphatic imine (C=N–C) groups is 2. The zero-order valence-electron chi connectivity index (χ0n) is 11.5. The van der Waals surface area contributed by atoms with Gasteiger partial charge in [-0.3, -0.25) is 9.79 Å². The Balaban J connectivity index is 4.39. The molecule has 7 nitrogen and oxygen atoms in total. The summed E-state index contributed by atoms with van der Waals surface area (Å²) in [5.41, 5.74) is 7.80. The monoisotopic (exact) mass is 267 g/mol. The van der Waals surface area contributed by atoms with Gasteiger partial charge in [-0.05, 0) is 19.1 Å². The molecule has 0 saturated heterocycles. The topological polar surface area (TPSA) is 101 Å². The molecule has 0 aliphatic carbocycles. The van der Waals surface area contributed by atoms with Crippen LogP contribution in [0.4, 0.5) is 0 Å². The minimum atomic E-state index is -0.0857. The fraction of sp³-hybridized carbons (Fsp3) is 0.417. The number of nitrogens with one attached hydrogen (secondary N) is 2. The maximum absolute atomic E-state index is 10.7. The first-order chi connectivity index (χ1) is 9.10. The maximum Gasteiger partial charge on any atom is 0.216 e. The van der Waals surface area contributed by atoms with E-state index in [0.717, 1.165) is 0 Å². The Morgan fingerprint density at radius 1 is 1.42 bits per heavy atom. The number of carbonyl (C=O) groups is 1. The van der Waals surface area contributed by atoms with Crippen LogP contribution in [-0.2, 0) is 9.63 Å². The van der Waals surface area contributed by atoms with Gasteiger partial charge < -0.3 is 15.9 Å². The Hall–Kier alpha value is -2.15. The van der Waals surface area contributed by atoms with E-state index in [-0.39, 0.29) is 5.91 Å². The minimum Gasteiger partial charge on any atom is -0.414 e. The molecule has 0 aromatic carbocycles. The second-order valence-corrected chi connectivity index (χ2v) is 3.44. The summed E-state index contributed by atoms with van der Waals surface area (Å²) in [7, 11) is 1.68. The maximum atomic E-state index is 10.7. The van der Waals surface area contributed by atoms with Crippen LogP contribution in [-0.4, -0.2) is 38.2 Å². The molecule has 0 atom stereocenters. The van der Waals surface area contributed by atoms with Crippen LogP contribution >= 0.6 is 0 Å². The molecule has 0 aromatic rings. The highest BCUT2D eigenvalue weighted by Gasteiger charge is 1.91. The summed E-state index contributed by atoms with van der Waals surface area (Å²) in [5, 5.41) is 2.64. The number of allylic oxidation sites excluding steroid dienone is 3. The molecule has 0 bridgehead atoms. The molecule has 0 aliphatic heterocycles. The van der Waals surface area contributed by atoms with E-state index in [0.29, 0.717) is 24.7 Å². The highest BCUT2D eigenvalue weighted by atomic mass is 16.6. The van der Waals surface area contributed by atoms with Crippen LogP contribution in [0, 0.1) is 0 Å². The summed E-state index contributed by atoms with van der Waals surface area (Å²) in [6.07, 6.45) is 6.37. The van der Waals surface area contributed by atoms with Crippen molar-refractivity contribution >= 4 is 18.1 Å². The summed E-state index contributed by atoms with van der Waals surface area (Å²) in [6, 6.07) is 0. The van der Waals surface area contributed by atoms with Crippen molar-refractivity contribution in [3.8, 4) is 0 Å². The van der Waals surface area contributed by atoms with Gasteiger partial charge >= 0.3 is 0 Å². The molecule has 106 valence electrons. The number of hydroxylamine groups is 1. The Labute approximate surface area is 113 Å². The zero-order chi connectivity index (χ0) is 14.5. The highest BCUT2D eigenvalue weighted by Crippen LogP contribution is 1.93. The molecule has 0 rings (SSSR count). The lowest BCUT2D eigenvalue weighted by molar-refractivity contribution is -0.118. The fourth-order valence-electron chi connectivity index (χ4n) is 1.08. The van der Waals surface area contributed by atoms with E-state index in [9.17, 15) is 4.79 Å². The van der Waals surface area contributed by atoms with Crippen molar-refractivity contribution in [3.63, 3.8) is 0 Å². The van der Waals surface area contributed by atoms with E-state index in [1.54, 1.807) is 32.2 Å². The molecule has 0 aromatic heterocycles. The molecular formula is C12H21N5O2. The van der Waals surface area contributed by atoms with Gasteiger partial charge in [0.2, 0.25) is 5.91 Å². The number of carbonyl (C=O) groups excluding carboxylic acids is 1. The van der Waals surface area contributed by atoms with Gasteiger partial charge in [-0.1, -0.05) is 6.08 Å². The molecule has 0 aliphatic rings. The van der Waals surface area contributed by atoms with Crippen LogP contribution in [0.25, 0.3) is 0 Å². The number of amides is 1. The van der Waals surface area contributed by atoms with E-state index >= 15 is 0 Å². The predicted molar refractivity (Wildman–Crippen MR) is 76.7 cm³/mol. The predicted octanol–water partition coefficient (Wildman–Crippen LogP) is 0.119. The van der Waals surface area contributed by atoms with Crippen molar-refractivity contribution in [2.75, 3.05) is 20.1 Å². The van der Waals surface area contributed by atoms with Gasteiger partial charge in [0.1, 0.15) is 11.6 Å². The number of nitrogens with two attached hydrogens (primary N) is 1. The smallest absolute Gasteiger partial charge is 0.216 e. The third-order valence-electron chi connectivity index (χ3n) is 1.81. The third kappa shape index (κ3) is 10.7. The first kappa shape index (κ1) is 16.9. The molecule has 0 heterocycles. The van der Waals surface area contributed by atoms with Crippen LogP contribution in [0.2, 0.25) is 0 Å². The molecule has 0 saturated carbocycles. The Morgan fingerprint density at radius 3 is 2.74 bits per heavy atom. The summed E-state index contributed by atoms with van der Waals surface area (Å²) in [5.74, 6) is 1.09. The summed E-state index contributed by atoms with van der Waals surface area (Å²) in [4.78, 5) is 23.8. The minimum absolute atomic E-state index is 0.0857. The largest absolute Gasteiger partial charge is 0.414 e. The lowest BCUT2D eigenvalue weighted by Gasteiger charge is -2.00. The van der Waals surface area contributed by atoms with Crippen LogP contribution in [0.1, 0.15) is 13.8 Å². The summed E-state index contributed by atoms with van der Waals surface area (Å²) < 4.78 is 0. The number of hydrogen-bond acceptors (Lipinski definition) is 4. The van der Waals surface area contributed by atoms with Gasteiger partial charge in [0, 0.05) is 20.5 Å². The van der Waals surface area contributed by atoms with E-state index < -0.39 is 0 Å². The Bertz CT molecular complexity index is 386. The quantitative estimate of drug-likeness (QED) is 0.152. The second kappa shape index (κ2) is 11.0. The van der Waals surface area contributed by atoms with E-state index in [1.807, 2.05) is 0 Å². The van der Waals surface area contributed by atoms with Crippen molar-refractivity contribution in [1.29, 1.82) is 0 Å². The molecule has 19 heavy (non-hydrogen) atoms. The Morgan fingerprint density at radius 2 is 2.16 bits per heavy atom. The van der Waals surface area contributed by atoms with Gasteiger partial charge in [-0.2, -0.15) is 5.48 Å². The summed E-state index contributed by atoms with van der Waals surface area (Å²) in [6.45, 7) is 4.16. The molecule has 1 amide bonds. The average Bonchev–Trinajstić information content (AvgIpc) is 2.34. The van der Waals surface area contributed by atoms with E-state index in [1.165, 1.54) is 13.3 Å². The third-order valence-corrected chi connectivity index (χ3v) is 1.81. The molecule has 0 fully saturated rings. The van der Waals surface area contributed by atoms with Crippen LogP contribution in [0.3, 0.4) is 0 Å². The van der Waals surface area contributed by atoms with Gasteiger partial charge in [-0.15, -0.1) is 0 Å². The molecule has 7 heteroatoms. The second-order valence-electron chi connectivity index (χ2n) is 3.44. The molecule has 4 N–H and O–H groups in total. The number of amidine groups is 1. The fourth-order valence-corrected chi connectivity index (χ4v) is 1.08. The van der Waals surface area contributed by atoms with Crippen LogP contribution in [0.5, 0.6) is 0 Å². The van der Waals surface area contributed by atoms with Gasteiger partial charge in [0.05, 0.1) is 12.9 Å². The Kier molecular flexibility index (Phi) is 9.73. The molecular weight excluding hydrogens is 246 g/mol. The molecule has 0 spiro atoms. The van der Waals surface area contributed by atoms with E-state index in [2.05, 4.69) is 20.8 Å². The molecule has 0 unspecified atom stereocenters. The van der Waals surface area contributed by atoms with Crippen LogP contribution < -0.4 is 16.5 Å². The van der Waals surface area contributed by atoms with E-state index in [4.69, 9.17) is 10.6 Å². The zero-order valence-corrected chi connectivity index (χ0v) is 11.5. The van der Waals surface area contributed by atoms with Crippen molar-refractivity contribution in [3.05, 3.63) is 24.0 Å². The van der Waals surface area contributed by atoms with Gasteiger partial charge in [0.15, 0.2) is 0 Å². The number of rotatable bonds is 7. The number of hydrogen-bond donors (Lipinski definition) is 3. The SMILES string of the molecule is CNO/C(C)=C/C=C/C(N=CN)=NCCNC(C)=O. The van der Waals surface area contributed by atoms with Crippen LogP contribution in [0.15, 0.2) is 34.0 Å². The standard InChI is InChI=1S/C12H21N5O2/c1-10(19-14-3)5-4-6-12(17-9-13)16-8-7-15-11(2)18/h4-6,9,14H,7-8H2,1-3H3,(H,15,18)(H2,13,16,17)/b6-4+,10-5+. The normalized spacial score (nSPS) is 13.2. The van der Waals surface area contributed by atoms with Gasteiger partial charge in [-0.25, -0.2) is 4.99 Å². The van der Waals surface area contributed by atoms with Crippen molar-refractivity contribution < 1.29 is 9.63 Å². The molecule has 0 radical (unpaired) electrons. The van der Waals surface area contributed by atoms with Crippen molar-refractivity contribution in [2.24, 2.45) is 15.7 Å². The lowest BCUT2D eigenvalue weighted by atomic mass is 10.4. The lowest BCUT2D eigenvalue weighted by Crippen LogP contribution is -2.23. The van der Waals surface area contributed by atoms with Crippen molar-refractivity contribution in [1.82, 2.24) is 10.8 Å². The average molecular weight is 267 g/mol. The van der Waals surface area contributed by atoms with Crippen molar-refractivity contribution in [2.45, 2.75) is 13.8 Å². The number of nitrogens with zero attached hydrogens (tertiary/aromatic N) is 2. The first-order valence-electron chi connectivity index (χ1n) is 5.81. The highest BCUT2D eigenvalue weighted by molar-refractivity contribution is 5.97. The summed E-state index contributed by atoms with van der Waals surface area (Å²) >= 11 is 0.